The third kappa shape index (κ3) is 6.95. The van der Waals surface area contributed by atoms with E-state index in [1.165, 1.54) is 49.6 Å². The number of amides is 2. The molecule has 0 saturated carbocycles. The minimum absolute atomic E-state index is 0.157. The minimum Gasteiger partial charge on any atom is -0.497 e. The highest BCUT2D eigenvalue weighted by Crippen LogP contribution is 2.27. The Bertz CT molecular complexity index is 1200. The van der Waals surface area contributed by atoms with Crippen LogP contribution in [0.25, 0.3) is 11.3 Å². The van der Waals surface area contributed by atoms with Gasteiger partial charge in [-0.3, -0.25) is 9.59 Å². The number of hydrogen-bond acceptors (Lipinski definition) is 5. The normalized spacial score (nSPS) is 11.9. The van der Waals surface area contributed by atoms with Gasteiger partial charge >= 0.3 is 6.36 Å². The molecule has 0 unspecified atom stereocenters. The van der Waals surface area contributed by atoms with Gasteiger partial charge in [0.25, 0.3) is 5.91 Å². The number of carbonyl (C=O) groups excluding carboxylic acids is 2. The van der Waals surface area contributed by atoms with E-state index in [1.807, 2.05) is 0 Å². The van der Waals surface area contributed by atoms with Crippen molar-refractivity contribution in [3.8, 4) is 22.8 Å². The van der Waals surface area contributed by atoms with Crippen LogP contribution in [0.5, 0.6) is 11.5 Å². The minimum atomic E-state index is -4.78. The topological polar surface area (TPSA) is 81.9 Å². The molecule has 0 atom stereocenters. The molecule has 0 spiro atoms. The van der Waals surface area contributed by atoms with Gasteiger partial charge in [-0.25, -0.2) is 0 Å². The largest absolute Gasteiger partial charge is 0.573 e. The Labute approximate surface area is 197 Å². The highest BCUT2D eigenvalue weighted by molar-refractivity contribution is 7.07. The number of benzene rings is 2. The third-order valence-corrected chi connectivity index (χ3v) is 5.51. The Morgan fingerprint density at radius 3 is 2.29 bits per heavy atom. The number of hydrogen-bond donors (Lipinski definition) is 1. The molecule has 7 nitrogen and oxygen atoms in total. The first-order valence-corrected chi connectivity index (χ1v) is 11.1. The SMILES string of the molecule is COc1ccc(C(=O)N=c2scc(-c3ccc(OC(F)(F)F)cc3)n2CCCNC(C)=O)cc1. The molecule has 3 aromatic rings. The Hall–Kier alpha value is -3.60. The smallest absolute Gasteiger partial charge is 0.497 e. The first kappa shape index (κ1) is 25.0. The maximum Gasteiger partial charge on any atom is 0.573 e. The summed E-state index contributed by atoms with van der Waals surface area (Å²) in [5, 5.41) is 4.49. The second-order valence-electron chi connectivity index (χ2n) is 7.11. The van der Waals surface area contributed by atoms with Crippen molar-refractivity contribution in [2.75, 3.05) is 13.7 Å². The first-order valence-electron chi connectivity index (χ1n) is 10.2. The molecule has 0 aliphatic rings. The summed E-state index contributed by atoms with van der Waals surface area (Å²) in [5.74, 6) is -0.319. The molecule has 0 bridgehead atoms. The van der Waals surface area contributed by atoms with Crippen molar-refractivity contribution < 1.29 is 32.2 Å². The predicted molar refractivity (Wildman–Crippen MR) is 121 cm³/mol. The summed E-state index contributed by atoms with van der Waals surface area (Å²) in [5.41, 5.74) is 1.69. The number of aromatic nitrogens is 1. The van der Waals surface area contributed by atoms with E-state index in [1.54, 1.807) is 34.2 Å². The fraction of sp³-hybridized carbons (Fsp3) is 0.261. The monoisotopic (exact) mass is 493 g/mol. The van der Waals surface area contributed by atoms with Gasteiger partial charge in [0, 0.05) is 31.0 Å². The van der Waals surface area contributed by atoms with Crippen molar-refractivity contribution in [3.63, 3.8) is 0 Å². The second-order valence-corrected chi connectivity index (χ2v) is 7.95. The predicted octanol–water partition coefficient (Wildman–Crippen LogP) is 4.39. The van der Waals surface area contributed by atoms with Gasteiger partial charge in [0.2, 0.25) is 5.91 Å². The maximum atomic E-state index is 12.7. The van der Waals surface area contributed by atoms with Crippen molar-refractivity contribution >= 4 is 23.2 Å². The Balaban J connectivity index is 1.92. The summed E-state index contributed by atoms with van der Waals surface area (Å²) in [6.07, 6.45) is -4.22. The highest BCUT2D eigenvalue weighted by Gasteiger charge is 2.31. The Morgan fingerprint density at radius 2 is 1.71 bits per heavy atom. The van der Waals surface area contributed by atoms with Crippen molar-refractivity contribution in [2.24, 2.45) is 4.99 Å². The van der Waals surface area contributed by atoms with Gasteiger partial charge in [-0.1, -0.05) is 0 Å². The molecule has 0 aliphatic carbocycles. The number of carbonyl (C=O) groups is 2. The van der Waals surface area contributed by atoms with Crippen molar-refractivity contribution in [1.29, 1.82) is 0 Å². The zero-order valence-electron chi connectivity index (χ0n) is 18.4. The fourth-order valence-corrected chi connectivity index (χ4v) is 4.01. The van der Waals surface area contributed by atoms with Gasteiger partial charge in [-0.05, 0) is 60.5 Å². The number of nitrogens with zero attached hydrogens (tertiary/aromatic N) is 2. The standard InChI is InChI=1S/C23H22F3N3O4S/c1-15(30)27-12-3-13-29-20(16-4-10-19(11-5-16)33-23(24,25)26)14-34-22(29)28-21(31)17-6-8-18(32-2)9-7-17/h4-11,14H,3,12-13H2,1-2H3,(H,27,30). The van der Waals surface area contributed by atoms with Crippen LogP contribution >= 0.6 is 11.3 Å². The molecule has 34 heavy (non-hydrogen) atoms. The maximum absolute atomic E-state index is 12.7. The molecule has 2 aromatic carbocycles. The number of ether oxygens (including phenoxy) is 2. The molecule has 1 aromatic heterocycles. The van der Waals surface area contributed by atoms with Gasteiger partial charge in [-0.15, -0.1) is 24.5 Å². The van der Waals surface area contributed by atoms with E-state index < -0.39 is 12.3 Å². The van der Waals surface area contributed by atoms with E-state index in [0.29, 0.717) is 46.9 Å². The zero-order chi connectivity index (χ0) is 24.7. The van der Waals surface area contributed by atoms with Crippen LogP contribution in [0.2, 0.25) is 0 Å². The summed E-state index contributed by atoms with van der Waals surface area (Å²) in [6, 6.07) is 12.0. The van der Waals surface area contributed by atoms with E-state index in [2.05, 4.69) is 15.0 Å². The van der Waals surface area contributed by atoms with Crippen LogP contribution in [0.1, 0.15) is 23.7 Å². The lowest BCUT2D eigenvalue weighted by Crippen LogP contribution is -2.24. The summed E-state index contributed by atoms with van der Waals surface area (Å²) >= 11 is 1.23. The molecule has 11 heteroatoms. The van der Waals surface area contributed by atoms with E-state index in [4.69, 9.17) is 4.74 Å². The van der Waals surface area contributed by atoms with Gasteiger partial charge < -0.3 is 19.4 Å². The van der Waals surface area contributed by atoms with Gasteiger partial charge in [-0.2, -0.15) is 4.99 Å². The summed E-state index contributed by atoms with van der Waals surface area (Å²) < 4.78 is 48.2. The molecule has 3 rings (SSSR count). The van der Waals surface area contributed by atoms with Crippen LogP contribution in [0.4, 0.5) is 13.2 Å². The number of alkyl halides is 3. The molecule has 0 fully saturated rings. The first-order chi connectivity index (χ1) is 16.2. The number of thiazole rings is 1. The van der Waals surface area contributed by atoms with Gasteiger partial charge in [0.05, 0.1) is 12.8 Å². The second kappa shape index (κ2) is 11.0. The van der Waals surface area contributed by atoms with E-state index in [-0.39, 0.29) is 11.7 Å². The molecule has 2 amide bonds. The van der Waals surface area contributed by atoms with Crippen molar-refractivity contribution in [1.82, 2.24) is 9.88 Å². The summed E-state index contributed by atoms with van der Waals surface area (Å²) in [6.45, 7) is 2.26. The van der Waals surface area contributed by atoms with E-state index in [9.17, 15) is 22.8 Å². The lowest BCUT2D eigenvalue weighted by atomic mass is 10.1. The molecular formula is C23H22F3N3O4S. The van der Waals surface area contributed by atoms with Crippen molar-refractivity contribution in [2.45, 2.75) is 26.3 Å². The van der Waals surface area contributed by atoms with Gasteiger partial charge in [0.15, 0.2) is 4.80 Å². The van der Waals surface area contributed by atoms with Crippen LogP contribution < -0.4 is 19.6 Å². The summed E-state index contributed by atoms with van der Waals surface area (Å²) in [7, 11) is 1.53. The highest BCUT2D eigenvalue weighted by atomic mass is 32.1. The number of halogens is 3. The fourth-order valence-electron chi connectivity index (χ4n) is 3.08. The number of nitrogens with one attached hydrogen (secondary N) is 1. The van der Waals surface area contributed by atoms with Crippen LogP contribution in [0, 0.1) is 0 Å². The average molecular weight is 494 g/mol. The van der Waals surface area contributed by atoms with Crippen LogP contribution in [0.3, 0.4) is 0 Å². The lowest BCUT2D eigenvalue weighted by molar-refractivity contribution is -0.274. The van der Waals surface area contributed by atoms with Crippen LogP contribution in [-0.4, -0.2) is 36.4 Å². The molecule has 1 N–H and O–H groups in total. The third-order valence-electron chi connectivity index (χ3n) is 4.65. The van der Waals surface area contributed by atoms with Crippen molar-refractivity contribution in [3.05, 3.63) is 64.3 Å². The van der Waals surface area contributed by atoms with E-state index in [0.717, 1.165) is 0 Å². The average Bonchev–Trinajstić information content (AvgIpc) is 3.18. The molecule has 0 radical (unpaired) electrons. The number of methoxy groups -OCH3 is 1. The molecule has 180 valence electrons. The lowest BCUT2D eigenvalue weighted by Gasteiger charge is -2.11. The Morgan fingerprint density at radius 1 is 1.06 bits per heavy atom. The van der Waals surface area contributed by atoms with Gasteiger partial charge in [0.1, 0.15) is 11.5 Å². The molecule has 1 heterocycles. The Kier molecular flexibility index (Phi) is 8.11. The quantitative estimate of drug-likeness (QED) is 0.472. The van der Waals surface area contributed by atoms with E-state index >= 15 is 0 Å². The molecular weight excluding hydrogens is 471 g/mol. The van der Waals surface area contributed by atoms with Crippen LogP contribution in [0.15, 0.2) is 58.9 Å². The van der Waals surface area contributed by atoms with Crippen LogP contribution in [-0.2, 0) is 11.3 Å². The molecule has 0 saturated heterocycles. The number of rotatable bonds is 8. The zero-order valence-corrected chi connectivity index (χ0v) is 19.2. The summed E-state index contributed by atoms with van der Waals surface area (Å²) in [4.78, 5) is 28.6. The molecule has 0 aliphatic heterocycles.